The molecule has 1 fully saturated rings. The van der Waals surface area contributed by atoms with E-state index in [1.807, 2.05) is 20.8 Å². The highest BCUT2D eigenvalue weighted by Gasteiger charge is 2.28. The molecule has 1 amide bonds. The Bertz CT molecular complexity index is 500. The van der Waals surface area contributed by atoms with E-state index in [0.717, 1.165) is 6.42 Å². The quantitative estimate of drug-likeness (QED) is 0.926. The molecular weight excluding hydrogens is 273 g/mol. The van der Waals surface area contributed by atoms with Crippen molar-refractivity contribution in [3.8, 4) is 0 Å². The fourth-order valence-corrected chi connectivity index (χ4v) is 2.49. The van der Waals surface area contributed by atoms with Crippen LogP contribution in [0.1, 0.15) is 37.6 Å². The van der Waals surface area contributed by atoms with Gasteiger partial charge in [-0.1, -0.05) is 6.92 Å². The number of halogens is 1. The highest BCUT2D eigenvalue weighted by atomic mass is 19.1. The van der Waals surface area contributed by atoms with Gasteiger partial charge in [0.2, 0.25) is 0 Å². The van der Waals surface area contributed by atoms with Crippen LogP contribution in [-0.2, 0) is 4.74 Å². The fraction of sp³-hybridized carbons (Fsp3) is 0.600. The Kier molecular flexibility index (Phi) is 5.12. The minimum Gasteiger partial charge on any atom is -0.372 e. The van der Waals surface area contributed by atoms with E-state index in [2.05, 4.69) is 10.3 Å². The van der Waals surface area contributed by atoms with Crippen molar-refractivity contribution >= 4 is 11.7 Å². The summed E-state index contributed by atoms with van der Waals surface area (Å²) in [5.74, 6) is -0.753. The van der Waals surface area contributed by atoms with E-state index in [0.29, 0.717) is 19.6 Å². The summed E-state index contributed by atoms with van der Waals surface area (Å²) < 4.78 is 20.0. The number of hydrogen-bond acceptors (Lipinski definition) is 4. The van der Waals surface area contributed by atoms with Crippen LogP contribution in [0.5, 0.6) is 0 Å². The number of carbonyl (C=O) groups excluding carboxylic acids is 1. The number of pyridine rings is 1. The van der Waals surface area contributed by atoms with Gasteiger partial charge in [-0.05, 0) is 26.3 Å². The van der Waals surface area contributed by atoms with Crippen LogP contribution in [0.4, 0.5) is 10.2 Å². The molecular formula is C15H22FN3O2. The lowest BCUT2D eigenvalue weighted by atomic mass is 10.1. The zero-order valence-electron chi connectivity index (χ0n) is 12.7. The first-order valence-electron chi connectivity index (χ1n) is 7.36. The summed E-state index contributed by atoms with van der Waals surface area (Å²) in [6.07, 6.45) is 2.24. The molecule has 1 aromatic heterocycles. The van der Waals surface area contributed by atoms with Crippen molar-refractivity contribution in [2.24, 2.45) is 0 Å². The largest absolute Gasteiger partial charge is 0.372 e. The Morgan fingerprint density at radius 2 is 2.14 bits per heavy atom. The first-order chi connectivity index (χ1) is 10.0. The number of rotatable bonds is 4. The van der Waals surface area contributed by atoms with Gasteiger partial charge in [-0.2, -0.15) is 0 Å². The number of carbonyl (C=O) groups is 1. The van der Waals surface area contributed by atoms with E-state index < -0.39 is 5.82 Å². The molecule has 1 saturated heterocycles. The SMILES string of the molecule is CCCNc1nccc(C(=O)N2CC(C)OC(C)C2)c1F. The summed E-state index contributed by atoms with van der Waals surface area (Å²) >= 11 is 0. The molecule has 1 aliphatic rings. The Morgan fingerprint density at radius 3 is 2.76 bits per heavy atom. The summed E-state index contributed by atoms with van der Waals surface area (Å²) in [7, 11) is 0. The first kappa shape index (κ1) is 15.7. The van der Waals surface area contributed by atoms with Crippen LogP contribution in [0.25, 0.3) is 0 Å². The van der Waals surface area contributed by atoms with Crippen LogP contribution in [0.2, 0.25) is 0 Å². The average molecular weight is 295 g/mol. The smallest absolute Gasteiger partial charge is 0.257 e. The summed E-state index contributed by atoms with van der Waals surface area (Å²) in [6, 6.07) is 1.43. The fourth-order valence-electron chi connectivity index (χ4n) is 2.49. The van der Waals surface area contributed by atoms with Crippen molar-refractivity contribution in [2.45, 2.75) is 39.4 Å². The predicted octanol–water partition coefficient (Wildman–Crippen LogP) is 2.29. The zero-order chi connectivity index (χ0) is 15.4. The summed E-state index contributed by atoms with van der Waals surface area (Å²) in [6.45, 7) is 7.37. The lowest BCUT2D eigenvalue weighted by Crippen LogP contribution is -2.48. The molecule has 0 aromatic carbocycles. The van der Waals surface area contributed by atoms with Gasteiger partial charge in [0.25, 0.3) is 5.91 Å². The highest BCUT2D eigenvalue weighted by Crippen LogP contribution is 2.19. The van der Waals surface area contributed by atoms with Crippen molar-refractivity contribution in [3.05, 3.63) is 23.6 Å². The Hall–Kier alpha value is -1.69. The molecule has 21 heavy (non-hydrogen) atoms. The molecule has 2 unspecified atom stereocenters. The molecule has 0 spiro atoms. The first-order valence-corrected chi connectivity index (χ1v) is 7.36. The van der Waals surface area contributed by atoms with Gasteiger partial charge >= 0.3 is 0 Å². The minimum absolute atomic E-state index is 0.0414. The minimum atomic E-state index is -0.581. The van der Waals surface area contributed by atoms with Gasteiger partial charge in [0, 0.05) is 25.8 Å². The van der Waals surface area contributed by atoms with E-state index in [1.165, 1.54) is 12.3 Å². The van der Waals surface area contributed by atoms with Gasteiger partial charge in [-0.25, -0.2) is 9.37 Å². The van der Waals surface area contributed by atoms with Gasteiger partial charge in [0.1, 0.15) is 0 Å². The Morgan fingerprint density at radius 1 is 1.48 bits per heavy atom. The predicted molar refractivity (Wildman–Crippen MR) is 78.9 cm³/mol. The van der Waals surface area contributed by atoms with E-state index in [-0.39, 0.29) is 29.5 Å². The summed E-state index contributed by atoms with van der Waals surface area (Å²) in [5, 5.41) is 2.90. The number of nitrogens with zero attached hydrogens (tertiary/aromatic N) is 2. The standard InChI is InChI=1S/C15H22FN3O2/c1-4-6-17-14-13(16)12(5-7-18-14)15(20)19-8-10(2)21-11(3)9-19/h5,7,10-11H,4,6,8-9H2,1-3H3,(H,17,18). The van der Waals surface area contributed by atoms with Crippen LogP contribution in [0.15, 0.2) is 12.3 Å². The van der Waals surface area contributed by atoms with E-state index in [9.17, 15) is 9.18 Å². The molecule has 2 rings (SSSR count). The second kappa shape index (κ2) is 6.85. The molecule has 0 bridgehead atoms. The van der Waals surface area contributed by atoms with Gasteiger partial charge in [-0.15, -0.1) is 0 Å². The van der Waals surface area contributed by atoms with Crippen LogP contribution in [0, 0.1) is 5.82 Å². The molecule has 1 aromatic rings. The maximum Gasteiger partial charge on any atom is 0.257 e. The molecule has 1 N–H and O–H groups in total. The third-order valence-corrected chi connectivity index (χ3v) is 3.37. The summed E-state index contributed by atoms with van der Waals surface area (Å²) in [4.78, 5) is 18.1. The molecule has 0 radical (unpaired) electrons. The van der Waals surface area contributed by atoms with E-state index in [1.54, 1.807) is 4.90 Å². The van der Waals surface area contributed by atoms with Gasteiger partial charge < -0.3 is 15.0 Å². The molecule has 0 saturated carbocycles. The van der Waals surface area contributed by atoms with Gasteiger partial charge in [0.15, 0.2) is 11.6 Å². The molecule has 2 atom stereocenters. The topological polar surface area (TPSA) is 54.5 Å². The Labute approximate surface area is 124 Å². The molecule has 1 aliphatic heterocycles. The van der Waals surface area contributed by atoms with Crippen molar-refractivity contribution in [3.63, 3.8) is 0 Å². The highest BCUT2D eigenvalue weighted by molar-refractivity contribution is 5.95. The van der Waals surface area contributed by atoms with Crippen LogP contribution < -0.4 is 5.32 Å². The molecule has 6 heteroatoms. The van der Waals surface area contributed by atoms with Crippen molar-refractivity contribution in [2.75, 3.05) is 25.0 Å². The van der Waals surface area contributed by atoms with Crippen molar-refractivity contribution in [1.82, 2.24) is 9.88 Å². The van der Waals surface area contributed by atoms with Crippen LogP contribution in [-0.4, -0.2) is 47.6 Å². The molecule has 116 valence electrons. The number of morpholine rings is 1. The number of amides is 1. The van der Waals surface area contributed by atoms with Crippen molar-refractivity contribution < 1.29 is 13.9 Å². The zero-order valence-corrected chi connectivity index (χ0v) is 12.7. The van der Waals surface area contributed by atoms with Crippen LogP contribution in [0.3, 0.4) is 0 Å². The average Bonchev–Trinajstić information content (AvgIpc) is 2.44. The van der Waals surface area contributed by atoms with Gasteiger partial charge in [-0.3, -0.25) is 4.79 Å². The lowest BCUT2D eigenvalue weighted by molar-refractivity contribution is -0.0587. The summed E-state index contributed by atoms with van der Waals surface area (Å²) in [5.41, 5.74) is 0.0601. The van der Waals surface area contributed by atoms with Gasteiger partial charge in [0.05, 0.1) is 17.8 Å². The van der Waals surface area contributed by atoms with Crippen LogP contribution >= 0.6 is 0 Å². The second-order valence-corrected chi connectivity index (χ2v) is 5.42. The molecule has 5 nitrogen and oxygen atoms in total. The normalized spacial score (nSPS) is 22.2. The Balaban J connectivity index is 2.18. The number of ether oxygens (including phenoxy) is 1. The number of aromatic nitrogens is 1. The third-order valence-electron chi connectivity index (χ3n) is 3.37. The van der Waals surface area contributed by atoms with Crippen molar-refractivity contribution in [1.29, 1.82) is 0 Å². The lowest BCUT2D eigenvalue weighted by Gasteiger charge is -2.35. The second-order valence-electron chi connectivity index (χ2n) is 5.42. The molecule has 2 heterocycles. The number of nitrogens with one attached hydrogen (secondary N) is 1. The maximum atomic E-state index is 14.4. The monoisotopic (exact) mass is 295 g/mol. The maximum absolute atomic E-state index is 14.4. The number of hydrogen-bond donors (Lipinski definition) is 1. The number of anilines is 1. The molecule has 0 aliphatic carbocycles. The third kappa shape index (κ3) is 3.69. The van der Waals surface area contributed by atoms with E-state index in [4.69, 9.17) is 4.74 Å². The van der Waals surface area contributed by atoms with E-state index >= 15 is 0 Å².